The number of amides is 5. The number of nitrogens with one attached hydrogen (secondary N) is 5. The van der Waals surface area contributed by atoms with Gasteiger partial charge in [0.25, 0.3) is 0 Å². The second-order valence-corrected chi connectivity index (χ2v) is 31.7. The van der Waals surface area contributed by atoms with E-state index in [4.69, 9.17) is 90.0 Å². The zero-order valence-electron chi connectivity index (χ0n) is 67.7. The highest BCUT2D eigenvalue weighted by Gasteiger charge is 2.62. The maximum atomic E-state index is 13.3. The number of aliphatic hydroxyl groups excluding tert-OH is 26. The van der Waals surface area contributed by atoms with Crippen molar-refractivity contribution < 1.29 is 247 Å². The Morgan fingerprint density at radius 1 is 0.224 bits per heavy atom. The highest BCUT2D eigenvalue weighted by molar-refractivity contribution is 5.75. The number of carbonyl (C=O) groups excluding carboxylic acids is 5. The van der Waals surface area contributed by atoms with Crippen LogP contribution in [-0.4, -0.2) is 529 Å². The third kappa shape index (κ3) is 23.1. The van der Waals surface area contributed by atoms with Crippen LogP contribution in [0.25, 0.3) is 0 Å². The van der Waals surface area contributed by atoms with E-state index in [1.54, 1.807) is 0 Å². The third-order valence-electron chi connectivity index (χ3n) is 22.8. The minimum absolute atomic E-state index is 0.822. The van der Waals surface area contributed by atoms with Gasteiger partial charge in [-0.3, -0.25) is 24.0 Å². The number of aliphatic hydroxyl groups is 26. The van der Waals surface area contributed by atoms with Gasteiger partial charge in [-0.2, -0.15) is 0 Å². The minimum Gasteiger partial charge on any atom is -0.394 e. The Labute approximate surface area is 708 Å². The van der Waals surface area contributed by atoms with Gasteiger partial charge in [-0.05, 0) is 6.92 Å². The summed E-state index contributed by atoms with van der Waals surface area (Å²) in [5.74, 6) is -4.59. The Balaban J connectivity index is 0.989. The van der Waals surface area contributed by atoms with Crippen molar-refractivity contribution in [2.75, 3.05) is 59.5 Å². The van der Waals surface area contributed by atoms with Gasteiger partial charge in [0.05, 0.1) is 65.6 Å². The fourth-order valence-corrected chi connectivity index (χ4v) is 16.2. The second kappa shape index (κ2) is 44.9. The van der Waals surface area contributed by atoms with Crippen molar-refractivity contribution in [1.29, 1.82) is 0 Å². The summed E-state index contributed by atoms with van der Waals surface area (Å²) < 4.78 is 114. The zero-order valence-corrected chi connectivity index (χ0v) is 67.7. The Hall–Kier alpha value is -4.45. The van der Waals surface area contributed by atoms with Crippen LogP contribution in [0.5, 0.6) is 0 Å². The third-order valence-corrected chi connectivity index (χ3v) is 22.8. The van der Waals surface area contributed by atoms with Crippen molar-refractivity contribution in [2.24, 2.45) is 0 Å². The summed E-state index contributed by atoms with van der Waals surface area (Å²) in [6.07, 6.45) is -93.1. The molecule has 5 amide bonds. The number of carbonyl (C=O) groups is 5. The first-order valence-corrected chi connectivity index (χ1v) is 40.0. The molecular formula is C70H117N5O50. The van der Waals surface area contributed by atoms with Gasteiger partial charge in [-0.1, -0.05) is 0 Å². The lowest BCUT2D eigenvalue weighted by atomic mass is 9.93. The van der Waals surface area contributed by atoms with Crippen LogP contribution in [0.3, 0.4) is 0 Å². The molecule has 0 saturated carbocycles. The van der Waals surface area contributed by atoms with Gasteiger partial charge in [-0.15, -0.1) is 0 Å². The molecular weight excluding hydrogens is 1710 g/mol. The molecule has 10 saturated heterocycles. The summed E-state index contributed by atoms with van der Waals surface area (Å²) in [5.41, 5.74) is 0. The highest BCUT2D eigenvalue weighted by Crippen LogP contribution is 2.41. The maximum absolute atomic E-state index is 13.3. The van der Waals surface area contributed by atoms with E-state index < -0.39 is 396 Å². The molecule has 50 atom stereocenters. The Kier molecular flexibility index (Phi) is 36.8. The number of hydrogen-bond acceptors (Lipinski definition) is 50. The molecule has 10 aliphatic heterocycles. The highest BCUT2D eigenvalue weighted by atomic mass is 16.8. The lowest BCUT2D eigenvalue weighted by Crippen LogP contribution is -2.71. The Morgan fingerprint density at radius 2 is 0.496 bits per heavy atom. The van der Waals surface area contributed by atoms with E-state index in [9.17, 15) is 157 Å². The second-order valence-electron chi connectivity index (χ2n) is 31.7. The van der Waals surface area contributed by atoms with E-state index in [-0.39, 0.29) is 0 Å². The van der Waals surface area contributed by atoms with Crippen molar-refractivity contribution >= 4 is 29.5 Å². The molecule has 10 heterocycles. The van der Waals surface area contributed by atoms with Crippen LogP contribution in [-0.2, 0) is 114 Å². The maximum Gasteiger partial charge on any atom is 0.217 e. The quantitative estimate of drug-likeness (QED) is 0.0297. The minimum atomic E-state index is -2.63. The molecule has 10 aliphatic rings. The van der Waals surface area contributed by atoms with E-state index >= 15 is 0 Å². The molecule has 31 N–H and O–H groups in total. The van der Waals surface area contributed by atoms with Crippen LogP contribution in [0.1, 0.15) is 41.5 Å². The van der Waals surface area contributed by atoms with Crippen LogP contribution >= 0.6 is 0 Å². The molecule has 10 fully saturated rings. The molecule has 722 valence electrons. The lowest BCUT2D eigenvalue weighted by molar-refractivity contribution is -0.398. The molecule has 0 aromatic carbocycles. The summed E-state index contributed by atoms with van der Waals surface area (Å²) >= 11 is 0. The monoisotopic (exact) mass is 1830 g/mol. The molecule has 10 rings (SSSR count). The van der Waals surface area contributed by atoms with Crippen molar-refractivity contribution in [1.82, 2.24) is 26.6 Å². The summed E-state index contributed by atoms with van der Waals surface area (Å²) in [6.45, 7) is -3.86. The first kappa shape index (κ1) is 103. The van der Waals surface area contributed by atoms with Crippen molar-refractivity contribution in [2.45, 2.75) is 348 Å². The fourth-order valence-electron chi connectivity index (χ4n) is 16.2. The molecule has 0 spiro atoms. The van der Waals surface area contributed by atoms with Crippen molar-refractivity contribution in [3.8, 4) is 0 Å². The normalized spacial score (nSPS) is 48.7. The first-order valence-electron chi connectivity index (χ1n) is 40.0. The summed E-state index contributed by atoms with van der Waals surface area (Å²) in [4.78, 5) is 64.2. The van der Waals surface area contributed by atoms with Crippen molar-refractivity contribution in [3.63, 3.8) is 0 Å². The van der Waals surface area contributed by atoms with Crippen LogP contribution in [0.4, 0.5) is 0 Å². The van der Waals surface area contributed by atoms with E-state index in [1.807, 2.05) is 0 Å². The zero-order chi connectivity index (χ0) is 92.1. The molecule has 125 heavy (non-hydrogen) atoms. The van der Waals surface area contributed by atoms with Gasteiger partial charge < -0.3 is 249 Å². The molecule has 0 unspecified atom stereocenters. The Morgan fingerprint density at radius 3 is 0.912 bits per heavy atom. The van der Waals surface area contributed by atoms with E-state index in [1.165, 1.54) is 6.92 Å². The van der Waals surface area contributed by atoms with Crippen LogP contribution in [0, 0.1) is 0 Å². The average Bonchev–Trinajstić information content (AvgIpc) is 0.762. The number of ether oxygens (including phenoxy) is 19. The molecule has 55 nitrogen and oxygen atoms in total. The standard InChI is InChI=1S/C70H117N5O50/c1-16-36(88)47(99)51(103)66(109-16)107-15-30-57(43(95)31(61(106)110-30)71-17(2)83)120-63-33(73-19(4)85)45(97)56(28(13-82)115-63)122-68-53(105)58(123-70-60(50(102)40(92)25(10-79)114-70)125-65-34(74-20(5)86)44(96)54(26(11-80)116-65)119-62-32(72-18(3)84)42(94)37(89)22(7-76)111-62)41(93)29(118-68)14-108-69-59(49(101)39(91)24(9-78)113-69)124-64-35(75-21(6)87)46(98)55(27(12-81)117-64)121-67-52(104)48(100)38(90)23(8-77)112-67/h16,22-70,76-82,88-106H,7-15H2,1-6H3,(H,71,83)(H,72,84)(H,73,85)(H,74,86)(H,75,87)/t16-,22-,23-,24-,25-,26-,27-,28-,29-,30-,31-,32-,33-,34+,35-,36+,37+,38+,39-,40-,41-,42-,43-,44-,45-,46-,47+,48+,49+,50+,51-,52-,53+,54-,55-,56-,57-,58+,59+,60+,61-,62+,63+,64+,65+,66+,67+,68+,69+,70-/m1/s1. The van der Waals surface area contributed by atoms with Crippen LogP contribution < -0.4 is 26.6 Å². The Bertz CT molecular complexity index is 3420. The van der Waals surface area contributed by atoms with Crippen LogP contribution in [0.15, 0.2) is 0 Å². The van der Waals surface area contributed by atoms with Gasteiger partial charge in [0.2, 0.25) is 29.5 Å². The fraction of sp³-hybridized carbons (Fsp3) is 0.929. The van der Waals surface area contributed by atoms with E-state index in [2.05, 4.69) is 26.6 Å². The number of hydrogen-bond donors (Lipinski definition) is 31. The predicted molar refractivity (Wildman–Crippen MR) is 386 cm³/mol. The molecule has 0 bridgehead atoms. The summed E-state index contributed by atoms with van der Waals surface area (Å²) in [6, 6.07) is -9.40. The molecule has 0 aromatic rings. The largest absolute Gasteiger partial charge is 0.394 e. The molecule has 0 radical (unpaired) electrons. The molecule has 55 heteroatoms. The lowest BCUT2D eigenvalue weighted by Gasteiger charge is -2.51. The SMILES string of the molecule is CC(=O)N[C@@H]1[C@H](O[C@@H]2[C@@H](O[C@@H]3[C@H](O)[C@H](O[C@H]4[C@H](O)[C@@H](NC(C)=O)[C@H](O[C@H]5[C@H](O)[C@@H](NC(C)=O)[C@H](O)O[C@@H]5CO[C@H]5O[C@H](C)[C@H](O)[C@H](O)[C@H]5O)O[C@@H]4CO)O[C@H](CO[C@H]4O[C@H](CO)[C@@H](O)[C@H](O)[C@@H]4O[C@@H]4O[C@H](CO)[C@@H](O[C@@H]5O[C@H](CO)[C@H](O)[C@H](O)[C@H]5O)[C@H](O)[C@H]4NC(C)=O)[C@H]3O)O[C@H](CO)[C@@H](O)[C@@H]2O)O[C@H](CO)[C@@H](O[C@@H]2O[C@H](CO)[C@H](O)[C@H](O)[C@H]2NC(C)=O)[C@@H]1O. The number of rotatable bonds is 32. The van der Waals surface area contributed by atoms with Gasteiger partial charge in [-0.25, -0.2) is 0 Å². The van der Waals surface area contributed by atoms with E-state index in [0.29, 0.717) is 0 Å². The first-order chi connectivity index (χ1) is 59.1. The van der Waals surface area contributed by atoms with Gasteiger partial charge in [0, 0.05) is 34.6 Å². The van der Waals surface area contributed by atoms with Crippen LogP contribution in [0.2, 0.25) is 0 Å². The van der Waals surface area contributed by atoms with Gasteiger partial charge >= 0.3 is 0 Å². The average molecular weight is 1830 g/mol. The molecule has 0 aromatic heterocycles. The molecule has 0 aliphatic carbocycles. The summed E-state index contributed by atoms with van der Waals surface area (Å²) in [5, 5.41) is 304. The van der Waals surface area contributed by atoms with Crippen molar-refractivity contribution in [3.05, 3.63) is 0 Å². The van der Waals surface area contributed by atoms with Gasteiger partial charge in [0.1, 0.15) is 238 Å². The van der Waals surface area contributed by atoms with Gasteiger partial charge in [0.15, 0.2) is 62.9 Å². The smallest absolute Gasteiger partial charge is 0.217 e. The topological polar surface area (TPSA) is 847 Å². The van der Waals surface area contributed by atoms with E-state index in [0.717, 1.165) is 34.6 Å². The predicted octanol–water partition coefficient (Wildman–Crippen LogP) is -21.1. The summed E-state index contributed by atoms with van der Waals surface area (Å²) in [7, 11) is 0.